The van der Waals surface area contributed by atoms with Crippen molar-refractivity contribution in [2.75, 3.05) is 20.6 Å². The fraction of sp³-hybridized carbons (Fsp3) is 0.417. The van der Waals surface area contributed by atoms with Gasteiger partial charge in [0, 0.05) is 6.42 Å². The summed E-state index contributed by atoms with van der Waals surface area (Å²) in [4.78, 5) is 13.2. The van der Waals surface area contributed by atoms with Crippen molar-refractivity contribution in [3.8, 4) is 0 Å². The number of halogens is 3. The van der Waals surface area contributed by atoms with E-state index in [2.05, 4.69) is 0 Å². The Kier molecular flexibility index (Phi) is 4.28. The van der Waals surface area contributed by atoms with E-state index in [9.17, 15) is 18.0 Å². The predicted octanol–water partition coefficient (Wildman–Crippen LogP) is 2.38. The maximum atomic E-state index is 12.4. The Hall–Kier alpha value is -1.36. The van der Waals surface area contributed by atoms with Gasteiger partial charge in [0.25, 0.3) is 0 Å². The highest BCUT2D eigenvalue weighted by Crippen LogP contribution is 2.29. The second kappa shape index (κ2) is 5.31. The van der Waals surface area contributed by atoms with Gasteiger partial charge in [-0.3, -0.25) is 4.79 Å². The maximum Gasteiger partial charge on any atom is 0.416 e. The first-order chi connectivity index (χ1) is 7.79. The third-order valence-electron chi connectivity index (χ3n) is 2.15. The molecule has 0 bridgehead atoms. The fourth-order valence-electron chi connectivity index (χ4n) is 1.49. The number of alkyl halides is 3. The summed E-state index contributed by atoms with van der Waals surface area (Å²) in [5.74, 6) is -0.102. The average Bonchev–Trinajstić information content (AvgIpc) is 2.15. The number of carbonyl (C=O) groups is 1. The molecule has 0 unspecified atom stereocenters. The number of carbonyl (C=O) groups excluding carboxylic acids is 1. The van der Waals surface area contributed by atoms with Crippen LogP contribution >= 0.6 is 0 Å². The summed E-state index contributed by atoms with van der Waals surface area (Å²) in [7, 11) is 3.48. The summed E-state index contributed by atoms with van der Waals surface area (Å²) in [6.07, 6.45) is -4.33. The van der Waals surface area contributed by atoms with E-state index in [-0.39, 0.29) is 18.7 Å². The number of benzene rings is 1. The molecule has 94 valence electrons. The Morgan fingerprint density at radius 3 is 2.47 bits per heavy atom. The smallest absolute Gasteiger partial charge is 0.302 e. The van der Waals surface area contributed by atoms with Crippen molar-refractivity contribution in [1.29, 1.82) is 0 Å². The highest BCUT2D eigenvalue weighted by Gasteiger charge is 2.30. The Balaban J connectivity index is 2.76. The lowest BCUT2D eigenvalue weighted by molar-refractivity contribution is -0.137. The lowest BCUT2D eigenvalue weighted by atomic mass is 10.1. The zero-order chi connectivity index (χ0) is 13.1. The van der Waals surface area contributed by atoms with Crippen molar-refractivity contribution in [1.82, 2.24) is 4.90 Å². The minimum absolute atomic E-state index is 0.0299. The molecule has 0 aliphatic rings. The SMILES string of the molecule is CN(C)CC(=O)Cc1cccc(C(F)(F)F)c1. The Morgan fingerprint density at radius 2 is 1.94 bits per heavy atom. The topological polar surface area (TPSA) is 20.3 Å². The quantitative estimate of drug-likeness (QED) is 0.811. The van der Waals surface area contributed by atoms with Gasteiger partial charge in [-0.25, -0.2) is 0 Å². The minimum Gasteiger partial charge on any atom is -0.302 e. The average molecular weight is 245 g/mol. The summed E-state index contributed by atoms with van der Waals surface area (Å²) in [5, 5.41) is 0. The zero-order valence-corrected chi connectivity index (χ0v) is 9.71. The first kappa shape index (κ1) is 13.7. The Bertz CT molecular complexity index is 399. The molecule has 1 rings (SSSR count). The molecule has 0 N–H and O–H groups in total. The molecule has 17 heavy (non-hydrogen) atoms. The van der Waals surface area contributed by atoms with Crippen LogP contribution in [0, 0.1) is 0 Å². The van der Waals surface area contributed by atoms with Crippen LogP contribution in [0.25, 0.3) is 0 Å². The molecule has 0 aliphatic carbocycles. The molecule has 0 aromatic heterocycles. The summed E-state index contributed by atoms with van der Waals surface area (Å²) in [5.41, 5.74) is -0.320. The summed E-state index contributed by atoms with van der Waals surface area (Å²) in [6.45, 7) is 0.232. The van der Waals surface area contributed by atoms with Crippen molar-refractivity contribution in [2.24, 2.45) is 0 Å². The third kappa shape index (κ3) is 4.56. The zero-order valence-electron chi connectivity index (χ0n) is 9.71. The summed E-state index contributed by atoms with van der Waals surface area (Å²) < 4.78 is 37.3. The molecule has 0 atom stereocenters. The molecule has 0 amide bonds. The van der Waals surface area contributed by atoms with E-state index in [0.29, 0.717) is 5.56 Å². The lowest BCUT2D eigenvalue weighted by Gasteiger charge is -2.10. The molecule has 0 spiro atoms. The number of hydrogen-bond acceptors (Lipinski definition) is 2. The highest BCUT2D eigenvalue weighted by molar-refractivity contribution is 5.82. The number of rotatable bonds is 4. The molecule has 1 aromatic rings. The summed E-state index contributed by atoms with van der Waals surface area (Å²) >= 11 is 0. The van der Waals surface area contributed by atoms with E-state index >= 15 is 0 Å². The summed E-state index contributed by atoms with van der Waals surface area (Å²) in [6, 6.07) is 4.87. The highest BCUT2D eigenvalue weighted by atomic mass is 19.4. The van der Waals surface area contributed by atoms with Crippen molar-refractivity contribution in [3.05, 3.63) is 35.4 Å². The van der Waals surface area contributed by atoms with Crippen LogP contribution in [0.4, 0.5) is 13.2 Å². The van der Waals surface area contributed by atoms with Gasteiger partial charge in [0.15, 0.2) is 5.78 Å². The molecular weight excluding hydrogens is 231 g/mol. The standard InChI is InChI=1S/C12H14F3NO/c1-16(2)8-11(17)7-9-4-3-5-10(6-9)12(13,14)15/h3-6H,7-8H2,1-2H3. The normalized spacial score (nSPS) is 11.9. The Labute approximate surface area is 98.0 Å². The third-order valence-corrected chi connectivity index (χ3v) is 2.15. The number of Topliss-reactive ketones (excluding diaryl/α,β-unsaturated/α-hetero) is 1. The largest absolute Gasteiger partial charge is 0.416 e. The van der Waals surface area contributed by atoms with E-state index in [0.717, 1.165) is 12.1 Å². The van der Waals surface area contributed by atoms with E-state index in [4.69, 9.17) is 0 Å². The second-order valence-corrected chi connectivity index (χ2v) is 4.15. The molecule has 0 aliphatic heterocycles. The van der Waals surface area contributed by atoms with Crippen LogP contribution in [0.1, 0.15) is 11.1 Å². The van der Waals surface area contributed by atoms with E-state index in [1.54, 1.807) is 19.0 Å². The molecule has 5 heteroatoms. The van der Waals surface area contributed by atoms with Crippen molar-refractivity contribution in [3.63, 3.8) is 0 Å². The van der Waals surface area contributed by atoms with E-state index in [1.165, 1.54) is 12.1 Å². The van der Waals surface area contributed by atoms with Crippen LogP contribution in [-0.4, -0.2) is 31.3 Å². The van der Waals surface area contributed by atoms with Gasteiger partial charge >= 0.3 is 6.18 Å². The van der Waals surface area contributed by atoms with Gasteiger partial charge < -0.3 is 4.90 Å². The molecule has 0 saturated carbocycles. The van der Waals surface area contributed by atoms with E-state index in [1.807, 2.05) is 0 Å². The van der Waals surface area contributed by atoms with Gasteiger partial charge in [-0.1, -0.05) is 18.2 Å². The van der Waals surface area contributed by atoms with Crippen LogP contribution in [-0.2, 0) is 17.4 Å². The van der Waals surface area contributed by atoms with Crippen LogP contribution in [0.5, 0.6) is 0 Å². The van der Waals surface area contributed by atoms with Crippen molar-refractivity contribution in [2.45, 2.75) is 12.6 Å². The van der Waals surface area contributed by atoms with Crippen LogP contribution in [0.3, 0.4) is 0 Å². The van der Waals surface area contributed by atoms with Crippen molar-refractivity contribution >= 4 is 5.78 Å². The first-order valence-corrected chi connectivity index (χ1v) is 5.11. The van der Waals surface area contributed by atoms with Crippen molar-refractivity contribution < 1.29 is 18.0 Å². The molecule has 0 radical (unpaired) electrons. The number of nitrogens with zero attached hydrogens (tertiary/aromatic N) is 1. The maximum absolute atomic E-state index is 12.4. The molecule has 0 heterocycles. The minimum atomic E-state index is -4.36. The predicted molar refractivity (Wildman–Crippen MR) is 58.7 cm³/mol. The number of hydrogen-bond donors (Lipinski definition) is 0. The van der Waals surface area contributed by atoms with Gasteiger partial charge in [-0.2, -0.15) is 13.2 Å². The monoisotopic (exact) mass is 245 g/mol. The molecular formula is C12H14F3NO. The number of ketones is 1. The lowest BCUT2D eigenvalue weighted by Crippen LogP contribution is -2.23. The van der Waals surface area contributed by atoms with Crippen LogP contribution < -0.4 is 0 Å². The van der Waals surface area contributed by atoms with Gasteiger partial charge in [-0.15, -0.1) is 0 Å². The van der Waals surface area contributed by atoms with Crippen LogP contribution in [0.15, 0.2) is 24.3 Å². The molecule has 1 aromatic carbocycles. The van der Waals surface area contributed by atoms with E-state index < -0.39 is 11.7 Å². The molecule has 0 fully saturated rings. The Morgan fingerprint density at radius 1 is 1.29 bits per heavy atom. The van der Waals surface area contributed by atoms with Gasteiger partial charge in [0.05, 0.1) is 12.1 Å². The van der Waals surface area contributed by atoms with Gasteiger partial charge in [-0.05, 0) is 25.7 Å². The second-order valence-electron chi connectivity index (χ2n) is 4.15. The van der Waals surface area contributed by atoms with Crippen LogP contribution in [0.2, 0.25) is 0 Å². The molecule has 0 saturated heterocycles. The number of likely N-dealkylation sites (N-methyl/N-ethyl adjacent to an activating group) is 1. The van der Waals surface area contributed by atoms with Gasteiger partial charge in [0.1, 0.15) is 0 Å². The van der Waals surface area contributed by atoms with Gasteiger partial charge in [0.2, 0.25) is 0 Å². The fourth-order valence-corrected chi connectivity index (χ4v) is 1.49. The molecule has 2 nitrogen and oxygen atoms in total. The first-order valence-electron chi connectivity index (χ1n) is 5.11.